The molecule has 3 heteroatoms. The number of aromatic nitrogens is 2. The van der Waals surface area contributed by atoms with Crippen LogP contribution in [-0.2, 0) is 0 Å². The lowest BCUT2D eigenvalue weighted by atomic mass is 9.86. The van der Waals surface area contributed by atoms with E-state index >= 15 is 0 Å². The van der Waals surface area contributed by atoms with E-state index in [-0.39, 0.29) is 5.41 Å². The van der Waals surface area contributed by atoms with Crippen molar-refractivity contribution in [3.8, 4) is 0 Å². The average molecular weight is 225 g/mol. The fraction of sp³-hybridized carbons (Fsp3) is 0.500. The van der Waals surface area contributed by atoms with Gasteiger partial charge in [-0.05, 0) is 30.9 Å². The molecule has 1 aromatic heterocycles. The monoisotopic (exact) mass is 224 g/mol. The van der Waals surface area contributed by atoms with Gasteiger partial charge >= 0.3 is 0 Å². The summed E-state index contributed by atoms with van der Waals surface area (Å²) in [5.41, 5.74) is 3.42. The summed E-state index contributed by atoms with van der Waals surface area (Å²) in [6.07, 6.45) is 3.88. The summed E-state index contributed by atoms with van der Waals surface area (Å²) in [6, 6.07) is 0. The Morgan fingerprint density at radius 2 is 2.00 bits per heavy atom. The molecule has 0 saturated heterocycles. The first kappa shape index (κ1) is 12.2. The van der Waals surface area contributed by atoms with Gasteiger partial charge in [-0.2, -0.15) is 0 Å². The summed E-state index contributed by atoms with van der Waals surface area (Å²) in [7, 11) is 0. The fourth-order valence-corrected chi connectivity index (χ4v) is 1.22. The summed E-state index contributed by atoms with van der Waals surface area (Å²) in [5.74, 6) is 0. The molecule has 0 unspecified atom stereocenters. The smallest absolute Gasteiger partial charge is 0.222 e. The van der Waals surface area contributed by atoms with Crippen molar-refractivity contribution in [1.82, 2.24) is 9.97 Å². The zero-order valence-corrected chi connectivity index (χ0v) is 10.7. The highest BCUT2D eigenvalue weighted by Crippen LogP contribution is 2.26. The molecule has 0 bridgehead atoms. The van der Waals surface area contributed by atoms with E-state index in [1.807, 2.05) is 6.92 Å². The summed E-state index contributed by atoms with van der Waals surface area (Å²) >= 11 is 5.70. The Hall–Kier alpha value is -0.890. The molecule has 0 atom stereocenters. The van der Waals surface area contributed by atoms with Crippen LogP contribution in [0.1, 0.15) is 39.0 Å². The number of allylic oxidation sites excluding steroid dienone is 1. The van der Waals surface area contributed by atoms with Gasteiger partial charge in [0.05, 0.1) is 0 Å². The van der Waals surface area contributed by atoms with E-state index in [0.717, 1.165) is 11.3 Å². The topological polar surface area (TPSA) is 25.8 Å². The van der Waals surface area contributed by atoms with Crippen molar-refractivity contribution in [1.29, 1.82) is 0 Å². The van der Waals surface area contributed by atoms with Gasteiger partial charge in [-0.1, -0.05) is 32.4 Å². The van der Waals surface area contributed by atoms with Crippen LogP contribution >= 0.6 is 11.6 Å². The number of rotatable bonds is 1. The first-order valence-corrected chi connectivity index (χ1v) is 5.36. The van der Waals surface area contributed by atoms with Gasteiger partial charge in [-0.15, -0.1) is 0 Å². The lowest BCUT2D eigenvalue weighted by molar-refractivity contribution is 0.508. The number of aryl methyl sites for hydroxylation is 1. The molecule has 1 heterocycles. The molecule has 15 heavy (non-hydrogen) atoms. The molecule has 0 aromatic carbocycles. The molecule has 1 rings (SSSR count). The van der Waals surface area contributed by atoms with E-state index in [1.54, 1.807) is 6.20 Å². The van der Waals surface area contributed by atoms with Crippen LogP contribution in [0.25, 0.3) is 6.08 Å². The molecule has 82 valence electrons. The molecule has 0 aliphatic heterocycles. The Morgan fingerprint density at radius 1 is 1.40 bits per heavy atom. The third-order valence-electron chi connectivity index (χ3n) is 2.54. The second kappa shape index (κ2) is 4.31. The number of hydrogen-bond donors (Lipinski definition) is 0. The largest absolute Gasteiger partial charge is 0.226 e. The van der Waals surface area contributed by atoms with E-state index in [2.05, 4.69) is 43.7 Å². The number of nitrogens with zero attached hydrogens (tertiary/aromatic N) is 2. The minimum atomic E-state index is 0.173. The molecule has 0 spiro atoms. The van der Waals surface area contributed by atoms with E-state index in [1.165, 1.54) is 5.57 Å². The maximum absolute atomic E-state index is 5.70. The molecule has 0 aliphatic rings. The van der Waals surface area contributed by atoms with Crippen molar-refractivity contribution in [2.45, 2.75) is 34.6 Å². The third kappa shape index (κ3) is 3.31. The lowest BCUT2D eigenvalue weighted by Gasteiger charge is -2.19. The lowest BCUT2D eigenvalue weighted by Crippen LogP contribution is -2.06. The second-order valence-corrected chi connectivity index (χ2v) is 5.10. The maximum atomic E-state index is 5.70. The van der Waals surface area contributed by atoms with Crippen LogP contribution in [0.5, 0.6) is 0 Å². The van der Waals surface area contributed by atoms with Gasteiger partial charge in [0, 0.05) is 17.5 Å². The number of halogens is 1. The van der Waals surface area contributed by atoms with Gasteiger partial charge in [-0.25, -0.2) is 9.97 Å². The van der Waals surface area contributed by atoms with Gasteiger partial charge in [0.15, 0.2) is 0 Å². The van der Waals surface area contributed by atoms with E-state index in [4.69, 9.17) is 11.6 Å². The molecule has 0 amide bonds. The quantitative estimate of drug-likeness (QED) is 0.677. The Morgan fingerprint density at radius 3 is 2.47 bits per heavy atom. The van der Waals surface area contributed by atoms with Crippen LogP contribution in [-0.4, -0.2) is 9.97 Å². The zero-order chi connectivity index (χ0) is 11.6. The molecular formula is C12H17ClN2. The molecular weight excluding hydrogens is 208 g/mol. The highest BCUT2D eigenvalue weighted by molar-refractivity contribution is 6.28. The SMILES string of the molecule is C/C(=C\c1cnc(Cl)nc1C)C(C)(C)C. The first-order valence-electron chi connectivity index (χ1n) is 4.98. The van der Waals surface area contributed by atoms with Crippen LogP contribution < -0.4 is 0 Å². The van der Waals surface area contributed by atoms with Gasteiger partial charge in [0.2, 0.25) is 5.28 Å². The van der Waals surface area contributed by atoms with Gasteiger partial charge in [0.25, 0.3) is 0 Å². The van der Waals surface area contributed by atoms with Gasteiger partial charge in [0.1, 0.15) is 0 Å². The van der Waals surface area contributed by atoms with Crippen molar-refractivity contribution in [2.24, 2.45) is 5.41 Å². The highest BCUT2D eigenvalue weighted by atomic mass is 35.5. The summed E-state index contributed by atoms with van der Waals surface area (Å²) in [6.45, 7) is 10.6. The molecule has 0 radical (unpaired) electrons. The molecule has 1 aromatic rings. The van der Waals surface area contributed by atoms with Crippen molar-refractivity contribution < 1.29 is 0 Å². The van der Waals surface area contributed by atoms with Gasteiger partial charge in [-0.3, -0.25) is 0 Å². The average Bonchev–Trinajstić information content (AvgIpc) is 2.08. The summed E-state index contributed by atoms with van der Waals surface area (Å²) in [4.78, 5) is 8.10. The molecule has 0 saturated carbocycles. The minimum absolute atomic E-state index is 0.173. The number of hydrogen-bond acceptors (Lipinski definition) is 2. The Balaban J connectivity index is 3.09. The van der Waals surface area contributed by atoms with E-state index < -0.39 is 0 Å². The first-order chi connectivity index (χ1) is 6.80. The molecule has 0 N–H and O–H groups in total. The summed E-state index contributed by atoms with van der Waals surface area (Å²) in [5, 5.41) is 0.304. The Kier molecular flexibility index (Phi) is 3.50. The van der Waals surface area contributed by atoms with Crippen LogP contribution in [0, 0.1) is 12.3 Å². The van der Waals surface area contributed by atoms with Crippen LogP contribution in [0.3, 0.4) is 0 Å². The Bertz CT molecular complexity index is 389. The summed E-state index contributed by atoms with van der Waals surface area (Å²) < 4.78 is 0. The standard InChI is InChI=1S/C12H17ClN2/c1-8(12(3,4)5)6-10-7-14-11(13)15-9(10)2/h6-7H,1-5H3/b8-6+. The van der Waals surface area contributed by atoms with E-state index in [9.17, 15) is 0 Å². The zero-order valence-electron chi connectivity index (χ0n) is 9.93. The maximum Gasteiger partial charge on any atom is 0.222 e. The fourth-order valence-electron chi connectivity index (χ4n) is 1.04. The normalized spacial score (nSPS) is 13.1. The molecule has 2 nitrogen and oxygen atoms in total. The molecule has 0 aliphatic carbocycles. The van der Waals surface area contributed by atoms with Crippen molar-refractivity contribution >= 4 is 17.7 Å². The second-order valence-electron chi connectivity index (χ2n) is 4.76. The predicted octanol–water partition coefficient (Wildman–Crippen LogP) is 3.89. The van der Waals surface area contributed by atoms with Crippen molar-refractivity contribution in [2.75, 3.05) is 0 Å². The van der Waals surface area contributed by atoms with Gasteiger partial charge < -0.3 is 0 Å². The highest BCUT2D eigenvalue weighted by Gasteiger charge is 2.12. The van der Waals surface area contributed by atoms with E-state index in [0.29, 0.717) is 5.28 Å². The Labute approximate surface area is 96.4 Å². The van der Waals surface area contributed by atoms with Crippen LogP contribution in [0.2, 0.25) is 5.28 Å². The van der Waals surface area contributed by atoms with Crippen molar-refractivity contribution in [3.05, 3.63) is 28.3 Å². The van der Waals surface area contributed by atoms with Crippen LogP contribution in [0.15, 0.2) is 11.8 Å². The van der Waals surface area contributed by atoms with Crippen molar-refractivity contribution in [3.63, 3.8) is 0 Å². The predicted molar refractivity (Wildman–Crippen MR) is 64.9 cm³/mol. The molecule has 0 fully saturated rings. The van der Waals surface area contributed by atoms with Crippen LogP contribution in [0.4, 0.5) is 0 Å². The minimum Gasteiger partial charge on any atom is -0.226 e. The third-order valence-corrected chi connectivity index (χ3v) is 2.73.